The van der Waals surface area contributed by atoms with Gasteiger partial charge in [0.25, 0.3) is 0 Å². The van der Waals surface area contributed by atoms with Gasteiger partial charge in [0.2, 0.25) is 0 Å². The van der Waals surface area contributed by atoms with Crippen LogP contribution in [-0.2, 0) is 28.5 Å². The second-order valence-electron chi connectivity index (χ2n) is 6.89. The molecule has 0 saturated heterocycles. The Hall–Kier alpha value is -2.68. The molecule has 0 aromatic heterocycles. The van der Waals surface area contributed by atoms with E-state index in [1.54, 1.807) is 6.07 Å². The van der Waals surface area contributed by atoms with E-state index in [4.69, 9.17) is 17.0 Å². The van der Waals surface area contributed by atoms with E-state index in [0.717, 1.165) is 24.1 Å². The number of thiocarbonyl (C=S) groups is 1. The molecule has 0 bridgehead atoms. The smallest absolute Gasteiger partial charge is 0.416 e. The monoisotopic (exact) mass is 440 g/mol. The van der Waals surface area contributed by atoms with Crippen molar-refractivity contribution < 1.29 is 27.1 Å². The third-order valence-corrected chi connectivity index (χ3v) is 5.03. The van der Waals surface area contributed by atoms with Crippen LogP contribution in [0, 0.1) is 5.82 Å². The Kier molecular flexibility index (Phi) is 6.91. The summed E-state index contributed by atoms with van der Waals surface area (Å²) in [6.45, 7) is 0.248. The molecule has 30 heavy (non-hydrogen) atoms. The minimum atomic E-state index is -4.46. The Morgan fingerprint density at radius 3 is 2.73 bits per heavy atom. The van der Waals surface area contributed by atoms with Crippen molar-refractivity contribution in [3.63, 3.8) is 0 Å². The molecule has 1 unspecified atom stereocenters. The summed E-state index contributed by atoms with van der Waals surface area (Å²) >= 11 is 5.22. The number of carbonyl (C=O) groups is 1. The summed E-state index contributed by atoms with van der Waals surface area (Å²) in [5, 5.41) is 6.37. The third kappa shape index (κ3) is 5.69. The molecule has 0 spiro atoms. The molecule has 0 radical (unpaired) electrons. The van der Waals surface area contributed by atoms with Crippen LogP contribution in [-0.4, -0.2) is 24.2 Å². The number of halogens is 4. The van der Waals surface area contributed by atoms with Crippen LogP contribution < -0.4 is 10.6 Å². The van der Waals surface area contributed by atoms with Gasteiger partial charge < -0.3 is 15.4 Å². The van der Waals surface area contributed by atoms with Gasteiger partial charge in [0.15, 0.2) is 5.11 Å². The highest BCUT2D eigenvalue weighted by molar-refractivity contribution is 7.80. The van der Waals surface area contributed by atoms with Crippen molar-refractivity contribution in [1.82, 2.24) is 10.6 Å². The number of nitrogens with one attached hydrogen (secondary N) is 2. The first-order valence-electron chi connectivity index (χ1n) is 9.37. The number of fused-ring (bicyclic) bond motifs is 1. The first kappa shape index (κ1) is 22.0. The summed E-state index contributed by atoms with van der Waals surface area (Å²) in [4.78, 5) is 11.9. The number of benzene rings is 2. The van der Waals surface area contributed by atoms with E-state index in [1.165, 1.54) is 18.2 Å². The van der Waals surface area contributed by atoms with Crippen molar-refractivity contribution in [3.05, 3.63) is 70.5 Å². The Bertz CT molecular complexity index is 933. The number of hydrogen-bond donors (Lipinski definition) is 2. The zero-order valence-electron chi connectivity index (χ0n) is 15.9. The van der Waals surface area contributed by atoms with Gasteiger partial charge in [-0.25, -0.2) is 4.39 Å². The van der Waals surface area contributed by atoms with Gasteiger partial charge in [-0.1, -0.05) is 30.3 Å². The summed E-state index contributed by atoms with van der Waals surface area (Å²) in [5.74, 6) is -0.849. The lowest BCUT2D eigenvalue weighted by atomic mass is 10.1. The molecule has 1 aliphatic carbocycles. The molecule has 0 fully saturated rings. The van der Waals surface area contributed by atoms with E-state index in [9.17, 15) is 22.4 Å². The summed E-state index contributed by atoms with van der Waals surface area (Å²) < 4.78 is 57.0. The quantitative estimate of drug-likeness (QED) is 0.307. The van der Waals surface area contributed by atoms with Crippen LogP contribution in [0.4, 0.5) is 17.6 Å². The van der Waals surface area contributed by atoms with Crippen molar-refractivity contribution in [2.45, 2.75) is 31.5 Å². The molecule has 0 aliphatic heterocycles. The molecule has 160 valence electrons. The van der Waals surface area contributed by atoms with Gasteiger partial charge in [-0.2, -0.15) is 13.2 Å². The van der Waals surface area contributed by atoms with E-state index in [1.807, 2.05) is 6.07 Å². The summed E-state index contributed by atoms with van der Waals surface area (Å²) in [7, 11) is 0. The maximum Gasteiger partial charge on any atom is 0.416 e. The number of carbonyl (C=O) groups excluding carboxylic acids is 1. The maximum atomic E-state index is 13.8. The fourth-order valence-electron chi connectivity index (χ4n) is 3.37. The molecule has 0 saturated carbocycles. The molecular weight excluding hydrogens is 420 g/mol. The van der Waals surface area contributed by atoms with Gasteiger partial charge >= 0.3 is 12.1 Å². The third-order valence-electron chi connectivity index (χ3n) is 4.77. The molecule has 2 aromatic rings. The minimum absolute atomic E-state index is 0.00942. The lowest BCUT2D eigenvalue weighted by molar-refractivity contribution is -0.143. The van der Waals surface area contributed by atoms with E-state index in [-0.39, 0.29) is 37.0 Å². The van der Waals surface area contributed by atoms with Crippen molar-refractivity contribution in [3.8, 4) is 0 Å². The Labute approximate surface area is 176 Å². The normalized spacial score (nSPS) is 15.4. The second kappa shape index (κ2) is 9.42. The molecular formula is C21H20F4N2O2S. The summed E-state index contributed by atoms with van der Waals surface area (Å²) in [6.07, 6.45) is -3.35. The standard InChI is InChI=1S/C21H20F4N2O2S/c22-17-6-2-5-16-15(17)7-8-18(16)27-20(30)26-9-10-29-19(28)12-13-3-1-4-14(11-13)21(23,24)25/h1-6,11,18H,7-10,12H2,(H2,26,27,30). The molecule has 3 rings (SSSR count). The fraction of sp³-hybridized carbons (Fsp3) is 0.333. The van der Waals surface area contributed by atoms with E-state index in [0.29, 0.717) is 17.1 Å². The Morgan fingerprint density at radius 1 is 1.20 bits per heavy atom. The number of ether oxygens (including phenoxy) is 1. The molecule has 9 heteroatoms. The highest BCUT2D eigenvalue weighted by atomic mass is 32.1. The van der Waals surface area contributed by atoms with Crippen molar-refractivity contribution >= 4 is 23.3 Å². The van der Waals surface area contributed by atoms with Crippen molar-refractivity contribution in [1.29, 1.82) is 0 Å². The SMILES string of the molecule is O=C(Cc1cccc(C(F)(F)F)c1)OCCNC(=S)NC1CCc2c(F)cccc21. The highest BCUT2D eigenvalue weighted by Gasteiger charge is 2.30. The number of hydrogen-bond acceptors (Lipinski definition) is 3. The zero-order chi connectivity index (χ0) is 21.7. The van der Waals surface area contributed by atoms with Gasteiger partial charge in [0.05, 0.1) is 24.6 Å². The average Bonchev–Trinajstić information content (AvgIpc) is 3.09. The van der Waals surface area contributed by atoms with Gasteiger partial charge in [-0.15, -0.1) is 0 Å². The van der Waals surface area contributed by atoms with Crippen molar-refractivity contribution in [2.75, 3.05) is 13.2 Å². The summed E-state index contributed by atoms with van der Waals surface area (Å²) in [6, 6.07) is 9.45. The van der Waals surface area contributed by atoms with Crippen LogP contribution in [0.3, 0.4) is 0 Å². The van der Waals surface area contributed by atoms with Gasteiger partial charge in [-0.05, 0) is 53.9 Å². The van der Waals surface area contributed by atoms with Crippen molar-refractivity contribution in [2.24, 2.45) is 0 Å². The Balaban J connectivity index is 1.39. The van der Waals surface area contributed by atoms with Crippen LogP contribution in [0.5, 0.6) is 0 Å². The zero-order valence-corrected chi connectivity index (χ0v) is 16.7. The van der Waals surface area contributed by atoms with Crippen LogP contribution in [0.25, 0.3) is 0 Å². The van der Waals surface area contributed by atoms with Crippen LogP contribution in [0.1, 0.15) is 34.7 Å². The predicted molar refractivity (Wildman–Crippen MR) is 107 cm³/mol. The molecule has 1 atom stereocenters. The molecule has 0 amide bonds. The lowest BCUT2D eigenvalue weighted by Crippen LogP contribution is -2.38. The predicted octanol–water partition coefficient (Wildman–Crippen LogP) is 4.08. The number of esters is 1. The summed E-state index contributed by atoms with van der Waals surface area (Å²) in [5.41, 5.74) is 0.999. The van der Waals surface area contributed by atoms with Crippen LogP contribution in [0.2, 0.25) is 0 Å². The molecule has 2 N–H and O–H groups in total. The number of rotatable bonds is 6. The molecule has 4 nitrogen and oxygen atoms in total. The highest BCUT2D eigenvalue weighted by Crippen LogP contribution is 2.32. The van der Waals surface area contributed by atoms with Crippen LogP contribution >= 0.6 is 12.2 Å². The second-order valence-corrected chi connectivity index (χ2v) is 7.30. The van der Waals surface area contributed by atoms with Gasteiger partial charge in [0.1, 0.15) is 12.4 Å². The Morgan fingerprint density at radius 2 is 1.97 bits per heavy atom. The largest absolute Gasteiger partial charge is 0.464 e. The molecule has 1 aliphatic rings. The van der Waals surface area contributed by atoms with E-state index in [2.05, 4.69) is 10.6 Å². The first-order chi connectivity index (χ1) is 14.2. The first-order valence-corrected chi connectivity index (χ1v) is 9.78. The fourth-order valence-corrected chi connectivity index (χ4v) is 3.62. The minimum Gasteiger partial charge on any atom is -0.464 e. The van der Waals surface area contributed by atoms with Crippen LogP contribution in [0.15, 0.2) is 42.5 Å². The molecule has 0 heterocycles. The van der Waals surface area contributed by atoms with E-state index < -0.39 is 17.7 Å². The average molecular weight is 440 g/mol. The number of alkyl halides is 3. The maximum absolute atomic E-state index is 13.8. The van der Waals surface area contributed by atoms with E-state index >= 15 is 0 Å². The molecule has 2 aromatic carbocycles. The van der Waals surface area contributed by atoms with Gasteiger partial charge in [0, 0.05) is 0 Å². The van der Waals surface area contributed by atoms with Gasteiger partial charge in [-0.3, -0.25) is 4.79 Å². The lowest BCUT2D eigenvalue weighted by Gasteiger charge is -2.17. The topological polar surface area (TPSA) is 50.4 Å².